The molecule has 2 unspecified atom stereocenters. The van der Waals surface area contributed by atoms with Gasteiger partial charge in [0.1, 0.15) is 5.82 Å². The largest absolute Gasteiger partial charge is 0.323 e. The van der Waals surface area contributed by atoms with Crippen molar-refractivity contribution in [2.75, 3.05) is 0 Å². The molecule has 0 bridgehead atoms. The molecule has 78 valence electrons. The van der Waals surface area contributed by atoms with Crippen molar-refractivity contribution in [1.29, 1.82) is 0 Å². The van der Waals surface area contributed by atoms with E-state index >= 15 is 0 Å². The molecule has 1 aliphatic rings. The van der Waals surface area contributed by atoms with Crippen LogP contribution in [0, 0.1) is 5.82 Å². The molecule has 4 N–H and O–H groups in total. The molecule has 1 aromatic carbocycles. The number of hydrogen-bond acceptors (Lipinski definition) is 2. The van der Waals surface area contributed by atoms with Crippen LogP contribution in [0.25, 0.3) is 5.57 Å². The van der Waals surface area contributed by atoms with Crippen molar-refractivity contribution in [1.82, 2.24) is 0 Å². The summed E-state index contributed by atoms with van der Waals surface area (Å²) in [7, 11) is 0. The smallest absolute Gasteiger partial charge is 0.123 e. The van der Waals surface area contributed by atoms with Crippen molar-refractivity contribution in [2.24, 2.45) is 11.5 Å². The van der Waals surface area contributed by atoms with Crippen LogP contribution in [0.4, 0.5) is 4.39 Å². The van der Waals surface area contributed by atoms with Crippen molar-refractivity contribution in [3.8, 4) is 0 Å². The van der Waals surface area contributed by atoms with Crippen LogP contribution in [0.3, 0.4) is 0 Å². The second-order valence-electron chi connectivity index (χ2n) is 3.64. The van der Waals surface area contributed by atoms with Crippen molar-refractivity contribution in [2.45, 2.75) is 12.1 Å². The predicted octanol–water partition coefficient (Wildman–Crippen LogP) is 1.43. The molecule has 1 aromatic rings. The number of rotatable bonds is 1. The summed E-state index contributed by atoms with van der Waals surface area (Å²) in [6.07, 6.45) is 5.68. The number of halogens is 1. The van der Waals surface area contributed by atoms with E-state index in [9.17, 15) is 4.39 Å². The van der Waals surface area contributed by atoms with E-state index in [1.165, 1.54) is 12.1 Å². The second kappa shape index (κ2) is 3.96. The molecule has 0 fully saturated rings. The van der Waals surface area contributed by atoms with E-state index in [0.717, 1.165) is 11.1 Å². The molecule has 0 saturated carbocycles. The third-order valence-electron chi connectivity index (χ3n) is 2.49. The monoisotopic (exact) mass is 204 g/mol. The van der Waals surface area contributed by atoms with Crippen molar-refractivity contribution >= 4 is 5.57 Å². The van der Waals surface area contributed by atoms with E-state index in [4.69, 9.17) is 11.5 Å². The Kier molecular flexibility index (Phi) is 2.66. The highest BCUT2D eigenvalue weighted by Gasteiger charge is 2.13. The highest BCUT2D eigenvalue weighted by atomic mass is 19.1. The summed E-state index contributed by atoms with van der Waals surface area (Å²) in [5.74, 6) is -0.236. The first-order valence-corrected chi connectivity index (χ1v) is 4.84. The standard InChI is InChI=1S/C12H13FN2/c13-10-4-1-8(2-5-10)9-3-6-11(14)12(15)7-9/h1-7,11-12H,14-15H2. The van der Waals surface area contributed by atoms with Gasteiger partial charge < -0.3 is 11.5 Å². The zero-order valence-corrected chi connectivity index (χ0v) is 8.23. The van der Waals surface area contributed by atoms with E-state index in [1.54, 1.807) is 12.1 Å². The van der Waals surface area contributed by atoms with Crippen LogP contribution in [0.5, 0.6) is 0 Å². The Morgan fingerprint density at radius 1 is 1.00 bits per heavy atom. The number of benzene rings is 1. The molecule has 2 nitrogen and oxygen atoms in total. The molecule has 2 atom stereocenters. The summed E-state index contributed by atoms with van der Waals surface area (Å²) in [4.78, 5) is 0. The van der Waals surface area contributed by atoms with Crippen LogP contribution < -0.4 is 11.5 Å². The summed E-state index contributed by atoms with van der Waals surface area (Å²) in [6.45, 7) is 0. The number of hydrogen-bond donors (Lipinski definition) is 2. The average molecular weight is 204 g/mol. The summed E-state index contributed by atoms with van der Waals surface area (Å²) >= 11 is 0. The lowest BCUT2D eigenvalue weighted by atomic mass is 9.95. The lowest BCUT2D eigenvalue weighted by molar-refractivity contribution is 0.627. The molecule has 3 heteroatoms. The quantitative estimate of drug-likeness (QED) is 0.727. The van der Waals surface area contributed by atoms with Gasteiger partial charge in [-0.1, -0.05) is 30.4 Å². The molecule has 0 aromatic heterocycles. The van der Waals surface area contributed by atoms with Crippen molar-refractivity contribution < 1.29 is 4.39 Å². The Hall–Kier alpha value is -1.45. The van der Waals surface area contributed by atoms with Gasteiger partial charge in [-0.3, -0.25) is 0 Å². The molecule has 0 saturated heterocycles. The van der Waals surface area contributed by atoms with Gasteiger partial charge in [0.05, 0.1) is 0 Å². The minimum absolute atomic E-state index is 0.130. The first kappa shape index (κ1) is 10.1. The van der Waals surface area contributed by atoms with E-state index in [0.29, 0.717) is 0 Å². The Morgan fingerprint density at radius 3 is 2.27 bits per heavy atom. The van der Waals surface area contributed by atoms with Gasteiger partial charge >= 0.3 is 0 Å². The van der Waals surface area contributed by atoms with Gasteiger partial charge in [-0.2, -0.15) is 0 Å². The maximum absolute atomic E-state index is 12.7. The topological polar surface area (TPSA) is 52.0 Å². The van der Waals surface area contributed by atoms with Crippen LogP contribution in [-0.4, -0.2) is 12.1 Å². The SMILES string of the molecule is NC1C=CC(c2ccc(F)cc2)=CC1N. The van der Waals surface area contributed by atoms with Gasteiger partial charge in [0.25, 0.3) is 0 Å². The predicted molar refractivity (Wildman–Crippen MR) is 59.5 cm³/mol. The maximum Gasteiger partial charge on any atom is 0.123 e. The van der Waals surface area contributed by atoms with Crippen LogP contribution in [-0.2, 0) is 0 Å². The Morgan fingerprint density at radius 2 is 1.67 bits per heavy atom. The molecule has 0 heterocycles. The normalized spacial score (nSPS) is 25.1. The van der Waals surface area contributed by atoms with Gasteiger partial charge in [0.15, 0.2) is 0 Å². The van der Waals surface area contributed by atoms with E-state index in [-0.39, 0.29) is 17.9 Å². The molecule has 0 radical (unpaired) electrons. The van der Waals surface area contributed by atoms with Gasteiger partial charge in [-0.15, -0.1) is 0 Å². The Bertz CT molecular complexity index is 406. The first-order valence-electron chi connectivity index (χ1n) is 4.84. The fourth-order valence-corrected chi connectivity index (χ4v) is 1.55. The molecule has 0 spiro atoms. The maximum atomic E-state index is 12.7. The lowest BCUT2D eigenvalue weighted by Crippen LogP contribution is -2.39. The number of nitrogens with two attached hydrogens (primary N) is 2. The molecule has 0 aliphatic heterocycles. The fraction of sp³-hybridized carbons (Fsp3) is 0.167. The zero-order valence-electron chi connectivity index (χ0n) is 8.23. The highest BCUT2D eigenvalue weighted by molar-refractivity contribution is 5.75. The van der Waals surface area contributed by atoms with Gasteiger partial charge in [-0.25, -0.2) is 4.39 Å². The van der Waals surface area contributed by atoms with Gasteiger partial charge in [0, 0.05) is 12.1 Å². The molecule has 0 amide bonds. The van der Waals surface area contributed by atoms with E-state index in [2.05, 4.69) is 0 Å². The van der Waals surface area contributed by atoms with Gasteiger partial charge in [0.2, 0.25) is 0 Å². The summed E-state index contributed by atoms with van der Waals surface area (Å²) < 4.78 is 12.7. The van der Waals surface area contributed by atoms with Crippen molar-refractivity contribution in [3.63, 3.8) is 0 Å². The summed E-state index contributed by atoms with van der Waals surface area (Å²) in [5.41, 5.74) is 13.5. The van der Waals surface area contributed by atoms with Crippen LogP contribution in [0.1, 0.15) is 5.56 Å². The van der Waals surface area contributed by atoms with E-state index in [1.807, 2.05) is 18.2 Å². The molecule has 15 heavy (non-hydrogen) atoms. The molecular weight excluding hydrogens is 191 g/mol. The third kappa shape index (κ3) is 2.14. The van der Waals surface area contributed by atoms with Gasteiger partial charge in [-0.05, 0) is 23.3 Å². The van der Waals surface area contributed by atoms with Crippen LogP contribution >= 0.6 is 0 Å². The highest BCUT2D eigenvalue weighted by Crippen LogP contribution is 2.20. The lowest BCUT2D eigenvalue weighted by Gasteiger charge is -2.19. The van der Waals surface area contributed by atoms with E-state index < -0.39 is 0 Å². The molecule has 2 rings (SSSR count). The first-order chi connectivity index (χ1) is 7.16. The van der Waals surface area contributed by atoms with Crippen molar-refractivity contribution in [3.05, 3.63) is 53.9 Å². The minimum Gasteiger partial charge on any atom is -0.323 e. The molecule has 1 aliphatic carbocycles. The second-order valence-corrected chi connectivity index (χ2v) is 3.64. The number of allylic oxidation sites excluding steroid dienone is 2. The Balaban J connectivity index is 2.29. The minimum atomic E-state index is -0.236. The summed E-state index contributed by atoms with van der Waals surface area (Å²) in [6, 6.07) is 6.03. The average Bonchev–Trinajstić information content (AvgIpc) is 2.23. The molecular formula is C12H13FN2. The fourth-order valence-electron chi connectivity index (χ4n) is 1.55. The summed E-state index contributed by atoms with van der Waals surface area (Å²) in [5, 5.41) is 0. The Labute approximate surface area is 88.1 Å². The van der Waals surface area contributed by atoms with Crippen LogP contribution in [0.15, 0.2) is 42.5 Å². The van der Waals surface area contributed by atoms with Crippen LogP contribution in [0.2, 0.25) is 0 Å². The third-order valence-corrected chi connectivity index (χ3v) is 2.49. The zero-order chi connectivity index (χ0) is 10.8.